The molecule has 2 aliphatic heterocycles. The van der Waals surface area contributed by atoms with E-state index in [1.165, 1.54) is 16.0 Å². The van der Waals surface area contributed by atoms with Gasteiger partial charge >= 0.3 is 0 Å². The van der Waals surface area contributed by atoms with Crippen LogP contribution in [0.25, 0.3) is 11.1 Å². The Balaban J connectivity index is 1.05. The van der Waals surface area contributed by atoms with E-state index < -0.39 is 6.29 Å². The Labute approximate surface area is 316 Å². The summed E-state index contributed by atoms with van der Waals surface area (Å²) in [6.45, 7) is 2.44. The van der Waals surface area contributed by atoms with Crippen LogP contribution in [0, 0.1) is 0 Å². The molecule has 54 heavy (non-hydrogen) atoms. The molecule has 1 saturated heterocycles. The van der Waals surface area contributed by atoms with E-state index >= 15 is 0 Å². The van der Waals surface area contributed by atoms with Gasteiger partial charge < -0.3 is 14.6 Å². The molecule has 2 aliphatic rings. The molecule has 7 nitrogen and oxygen atoms in total. The standard InChI is InChI=1S/C47H42N2O5/c50-32-35-21-23-37(24-22-35)44-27-41(31-48(28-33-11-3-1-4-12-33)29-34-13-5-2-6-14-34)53-47(54-44)40-18-10-17-39(26-40)38-16-9-15-36(25-38)30-49-45(51)42-19-7-8-20-43(42)46(49)52/h1-26,41,44,47,50H,27-32H2. The Hall–Kier alpha value is -5.70. The van der Waals surface area contributed by atoms with Crippen LogP contribution in [-0.2, 0) is 35.7 Å². The number of nitrogens with zero attached hydrogens (tertiary/aromatic N) is 2. The van der Waals surface area contributed by atoms with Gasteiger partial charge in [0.2, 0.25) is 0 Å². The third kappa shape index (κ3) is 7.95. The summed E-state index contributed by atoms with van der Waals surface area (Å²) in [4.78, 5) is 29.9. The highest BCUT2D eigenvalue weighted by Gasteiger charge is 2.36. The number of amides is 2. The Morgan fingerprint density at radius 1 is 0.574 bits per heavy atom. The van der Waals surface area contributed by atoms with Crippen LogP contribution in [0.15, 0.2) is 158 Å². The highest BCUT2D eigenvalue weighted by molar-refractivity contribution is 6.21. The van der Waals surface area contributed by atoms with Gasteiger partial charge in [0.05, 0.1) is 36.5 Å². The number of aliphatic hydroxyl groups is 1. The molecule has 0 radical (unpaired) electrons. The molecule has 6 aromatic carbocycles. The van der Waals surface area contributed by atoms with Crippen molar-refractivity contribution in [1.82, 2.24) is 9.80 Å². The van der Waals surface area contributed by atoms with Gasteiger partial charge in [0.15, 0.2) is 6.29 Å². The fourth-order valence-corrected chi connectivity index (χ4v) is 7.47. The van der Waals surface area contributed by atoms with E-state index in [1.807, 2.05) is 72.8 Å². The minimum absolute atomic E-state index is 0.0135. The van der Waals surface area contributed by atoms with Crippen LogP contribution in [0.5, 0.6) is 0 Å². The molecule has 1 N–H and O–H groups in total. The van der Waals surface area contributed by atoms with Crippen molar-refractivity contribution in [3.05, 3.63) is 202 Å². The number of ether oxygens (including phenoxy) is 2. The maximum absolute atomic E-state index is 13.1. The van der Waals surface area contributed by atoms with E-state index in [-0.39, 0.29) is 37.2 Å². The van der Waals surface area contributed by atoms with Crippen molar-refractivity contribution < 1.29 is 24.2 Å². The third-order valence-electron chi connectivity index (χ3n) is 10.2. The molecule has 3 unspecified atom stereocenters. The fraction of sp³-hybridized carbons (Fsp3) is 0.191. The monoisotopic (exact) mass is 714 g/mol. The SMILES string of the molecule is O=C1c2ccccc2C(=O)N1Cc1cccc(-c2cccc(C3OC(CN(Cc4ccccc4)Cc4ccccc4)CC(c4ccc(CO)cc4)O3)c2)c1. The second-order valence-corrected chi connectivity index (χ2v) is 14.1. The van der Waals surface area contributed by atoms with Crippen molar-refractivity contribution in [3.8, 4) is 11.1 Å². The average Bonchev–Trinajstić information content (AvgIpc) is 3.46. The van der Waals surface area contributed by atoms with Crippen molar-refractivity contribution in [2.75, 3.05) is 6.54 Å². The Kier molecular flexibility index (Phi) is 10.6. The first kappa shape index (κ1) is 35.3. The van der Waals surface area contributed by atoms with Crippen LogP contribution in [-0.4, -0.2) is 39.4 Å². The summed E-state index contributed by atoms with van der Waals surface area (Å²) in [5, 5.41) is 9.69. The summed E-state index contributed by atoms with van der Waals surface area (Å²) in [6.07, 6.45) is -0.300. The molecule has 3 atom stereocenters. The lowest BCUT2D eigenvalue weighted by Crippen LogP contribution is -2.39. The van der Waals surface area contributed by atoms with Gasteiger partial charge in [-0.1, -0.05) is 133 Å². The number of hydrogen-bond donors (Lipinski definition) is 1. The quantitative estimate of drug-likeness (QED) is 0.128. The van der Waals surface area contributed by atoms with Gasteiger partial charge in [-0.2, -0.15) is 0 Å². The predicted octanol–water partition coefficient (Wildman–Crippen LogP) is 8.89. The predicted molar refractivity (Wildman–Crippen MR) is 208 cm³/mol. The molecule has 0 aliphatic carbocycles. The molecular weight excluding hydrogens is 673 g/mol. The van der Waals surface area contributed by atoms with Gasteiger partial charge in [-0.15, -0.1) is 0 Å². The minimum atomic E-state index is -0.622. The van der Waals surface area contributed by atoms with Crippen molar-refractivity contribution in [2.24, 2.45) is 0 Å². The Morgan fingerprint density at radius 2 is 1.15 bits per heavy atom. The molecule has 0 spiro atoms. The molecule has 270 valence electrons. The Bertz CT molecular complexity index is 2150. The number of carbonyl (C=O) groups excluding carboxylic acids is 2. The topological polar surface area (TPSA) is 79.3 Å². The van der Waals surface area contributed by atoms with Gasteiger partial charge in [0.25, 0.3) is 11.8 Å². The maximum Gasteiger partial charge on any atom is 0.261 e. The summed E-state index contributed by atoms with van der Waals surface area (Å²) >= 11 is 0. The summed E-state index contributed by atoms with van der Waals surface area (Å²) in [5.41, 5.74) is 8.98. The van der Waals surface area contributed by atoms with Crippen LogP contribution >= 0.6 is 0 Å². The normalized spacial score (nSPS) is 18.3. The zero-order valence-electron chi connectivity index (χ0n) is 30.0. The molecule has 7 heteroatoms. The number of imide groups is 1. The molecule has 0 saturated carbocycles. The zero-order chi connectivity index (χ0) is 36.9. The number of benzene rings is 6. The van der Waals surface area contributed by atoms with E-state index in [1.54, 1.807) is 24.3 Å². The smallest absolute Gasteiger partial charge is 0.261 e. The molecule has 1 fully saturated rings. The summed E-state index contributed by atoms with van der Waals surface area (Å²) < 4.78 is 13.6. The van der Waals surface area contributed by atoms with E-state index in [0.717, 1.165) is 46.5 Å². The Morgan fingerprint density at radius 3 is 1.78 bits per heavy atom. The maximum atomic E-state index is 13.1. The lowest BCUT2D eigenvalue weighted by Gasteiger charge is -2.38. The zero-order valence-corrected chi connectivity index (χ0v) is 30.0. The van der Waals surface area contributed by atoms with Crippen molar-refractivity contribution in [3.63, 3.8) is 0 Å². The van der Waals surface area contributed by atoms with Crippen LogP contribution in [0.4, 0.5) is 0 Å². The van der Waals surface area contributed by atoms with Crippen LogP contribution < -0.4 is 0 Å². The first-order valence-corrected chi connectivity index (χ1v) is 18.5. The molecule has 6 aromatic rings. The molecule has 2 amide bonds. The van der Waals surface area contributed by atoms with Crippen molar-refractivity contribution in [2.45, 2.75) is 51.2 Å². The molecule has 8 rings (SSSR count). The lowest BCUT2D eigenvalue weighted by atomic mass is 9.98. The van der Waals surface area contributed by atoms with E-state index in [0.29, 0.717) is 24.1 Å². The summed E-state index contributed by atoms with van der Waals surface area (Å²) in [7, 11) is 0. The highest BCUT2D eigenvalue weighted by atomic mass is 16.7. The van der Waals surface area contributed by atoms with Gasteiger partial charge in [0.1, 0.15) is 0 Å². The van der Waals surface area contributed by atoms with Gasteiger partial charge in [-0.25, -0.2) is 0 Å². The van der Waals surface area contributed by atoms with Crippen LogP contribution in [0.1, 0.15) is 72.9 Å². The number of rotatable bonds is 12. The number of carbonyl (C=O) groups is 2. The van der Waals surface area contributed by atoms with Crippen molar-refractivity contribution in [1.29, 1.82) is 0 Å². The van der Waals surface area contributed by atoms with Crippen molar-refractivity contribution >= 4 is 11.8 Å². The van der Waals surface area contributed by atoms with E-state index in [9.17, 15) is 14.7 Å². The fourth-order valence-electron chi connectivity index (χ4n) is 7.47. The second-order valence-electron chi connectivity index (χ2n) is 14.1. The second kappa shape index (κ2) is 16.1. The molecule has 0 aromatic heterocycles. The molecule has 2 heterocycles. The highest BCUT2D eigenvalue weighted by Crippen LogP contribution is 2.39. The first-order valence-electron chi connectivity index (χ1n) is 18.5. The van der Waals surface area contributed by atoms with E-state index in [2.05, 4.69) is 65.6 Å². The third-order valence-corrected chi connectivity index (χ3v) is 10.2. The average molecular weight is 715 g/mol. The van der Waals surface area contributed by atoms with Crippen LogP contribution in [0.2, 0.25) is 0 Å². The summed E-state index contributed by atoms with van der Waals surface area (Å²) in [5.74, 6) is -0.536. The number of hydrogen-bond acceptors (Lipinski definition) is 6. The van der Waals surface area contributed by atoms with Crippen LogP contribution in [0.3, 0.4) is 0 Å². The number of fused-ring (bicyclic) bond motifs is 1. The number of aliphatic hydroxyl groups excluding tert-OH is 1. The van der Waals surface area contributed by atoms with E-state index in [4.69, 9.17) is 9.47 Å². The molecule has 0 bridgehead atoms. The minimum Gasteiger partial charge on any atom is -0.392 e. The first-order chi connectivity index (χ1) is 26.5. The molecular formula is C47H42N2O5. The lowest BCUT2D eigenvalue weighted by molar-refractivity contribution is -0.253. The van der Waals surface area contributed by atoms with Gasteiger partial charge in [-0.3, -0.25) is 19.4 Å². The largest absolute Gasteiger partial charge is 0.392 e. The summed E-state index contributed by atoms with van der Waals surface area (Å²) in [6, 6.07) is 52.2. The van der Waals surface area contributed by atoms with Gasteiger partial charge in [-0.05, 0) is 63.2 Å². The van der Waals surface area contributed by atoms with Gasteiger partial charge in [0, 0.05) is 31.6 Å².